The van der Waals surface area contributed by atoms with E-state index in [-0.39, 0.29) is 35.5 Å². The lowest BCUT2D eigenvalue weighted by molar-refractivity contribution is -0.144. The Morgan fingerprint density at radius 1 is 1.35 bits per heavy atom. The lowest BCUT2D eigenvalue weighted by atomic mass is 10.3. The van der Waals surface area contributed by atoms with Crippen LogP contribution in [0.1, 0.15) is 23.2 Å². The largest absolute Gasteiger partial charge is 0.484 e. The van der Waals surface area contributed by atoms with Crippen molar-refractivity contribution in [2.45, 2.75) is 19.6 Å². The third-order valence-corrected chi connectivity index (χ3v) is 3.87. The third-order valence-electron chi connectivity index (χ3n) is 3.21. The van der Waals surface area contributed by atoms with Crippen molar-refractivity contribution in [3.63, 3.8) is 0 Å². The number of thiol groups is 1. The third kappa shape index (κ3) is 5.40. The summed E-state index contributed by atoms with van der Waals surface area (Å²) in [5.41, 5.74) is 0. The molecule has 0 unspecified atom stereocenters. The molecule has 0 bridgehead atoms. The lowest BCUT2D eigenvalue weighted by Crippen LogP contribution is -2.43. The van der Waals surface area contributed by atoms with Crippen molar-refractivity contribution in [1.82, 2.24) is 5.32 Å². The Balaban J connectivity index is 1.95. The molecule has 1 N–H and O–H groups in total. The Hall–Kier alpha value is -2.19. The van der Waals surface area contributed by atoms with Crippen LogP contribution in [-0.4, -0.2) is 30.3 Å². The molecule has 9 heteroatoms. The van der Waals surface area contributed by atoms with E-state index in [1.807, 2.05) is 0 Å². The molecular formula is C17H17ClFNO5S. The van der Waals surface area contributed by atoms with Crippen molar-refractivity contribution in [1.29, 1.82) is 0 Å². The van der Waals surface area contributed by atoms with Gasteiger partial charge in [0.25, 0.3) is 5.91 Å². The van der Waals surface area contributed by atoms with Crippen molar-refractivity contribution in [3.8, 4) is 5.75 Å². The summed E-state index contributed by atoms with van der Waals surface area (Å²) in [5, 5.41) is 2.61. The van der Waals surface area contributed by atoms with E-state index in [0.29, 0.717) is 5.76 Å². The molecule has 6 nitrogen and oxygen atoms in total. The molecule has 2 aromatic rings. The summed E-state index contributed by atoms with van der Waals surface area (Å²) in [4.78, 5) is 23.8. The average molecular weight is 402 g/mol. The van der Waals surface area contributed by atoms with Gasteiger partial charge in [0.1, 0.15) is 30.0 Å². The van der Waals surface area contributed by atoms with E-state index < -0.39 is 23.7 Å². The van der Waals surface area contributed by atoms with E-state index in [1.165, 1.54) is 18.2 Å². The maximum Gasteiger partial charge on any atom is 0.329 e. The number of rotatable bonds is 8. The van der Waals surface area contributed by atoms with Crippen LogP contribution in [0.25, 0.3) is 0 Å². The van der Waals surface area contributed by atoms with E-state index in [1.54, 1.807) is 13.0 Å². The van der Waals surface area contributed by atoms with Gasteiger partial charge in [-0.2, -0.15) is 12.6 Å². The number of hydrogen-bond acceptors (Lipinski definition) is 6. The van der Waals surface area contributed by atoms with Crippen LogP contribution < -0.4 is 10.1 Å². The molecule has 140 valence electrons. The number of carbonyl (C=O) groups excluding carboxylic acids is 2. The van der Waals surface area contributed by atoms with Crippen molar-refractivity contribution < 1.29 is 27.9 Å². The quantitative estimate of drug-likeness (QED) is 0.524. The minimum atomic E-state index is -0.881. The minimum Gasteiger partial charge on any atom is -0.484 e. The van der Waals surface area contributed by atoms with Crippen molar-refractivity contribution in [2.75, 3.05) is 12.4 Å². The van der Waals surface area contributed by atoms with Crippen molar-refractivity contribution in [3.05, 3.63) is 52.7 Å². The Morgan fingerprint density at radius 3 is 2.77 bits per heavy atom. The maximum absolute atomic E-state index is 13.0. The summed E-state index contributed by atoms with van der Waals surface area (Å²) in [6, 6.07) is 5.85. The zero-order chi connectivity index (χ0) is 19.1. The topological polar surface area (TPSA) is 77.8 Å². The Morgan fingerprint density at radius 2 is 2.12 bits per heavy atom. The van der Waals surface area contributed by atoms with Crippen LogP contribution in [-0.2, 0) is 16.1 Å². The maximum atomic E-state index is 13.0. The van der Waals surface area contributed by atoms with Crippen LogP contribution in [0, 0.1) is 5.82 Å². The van der Waals surface area contributed by atoms with Gasteiger partial charge >= 0.3 is 5.97 Å². The molecule has 0 fully saturated rings. The summed E-state index contributed by atoms with van der Waals surface area (Å²) >= 11 is 9.89. The second-order valence-corrected chi connectivity index (χ2v) is 5.86. The molecule has 0 saturated carbocycles. The van der Waals surface area contributed by atoms with Crippen molar-refractivity contribution in [2.24, 2.45) is 0 Å². The second-order valence-electron chi connectivity index (χ2n) is 5.09. The van der Waals surface area contributed by atoms with Gasteiger partial charge in [0.15, 0.2) is 5.76 Å². The van der Waals surface area contributed by atoms with Gasteiger partial charge in [0.2, 0.25) is 0 Å². The first-order valence-corrected chi connectivity index (χ1v) is 8.70. The SMILES string of the molecule is CCOC(=O)[C@H](CS)NC(=O)c1ccc(COc2ccc(F)cc2Cl)o1. The molecule has 1 atom stereocenters. The number of carbonyl (C=O) groups is 2. The predicted molar refractivity (Wildman–Crippen MR) is 96.2 cm³/mol. The molecule has 1 aromatic heterocycles. The molecule has 0 aliphatic heterocycles. The molecule has 1 aromatic carbocycles. The number of nitrogens with one attached hydrogen (secondary N) is 1. The van der Waals surface area contributed by atoms with E-state index in [0.717, 1.165) is 6.07 Å². The fourth-order valence-corrected chi connectivity index (χ4v) is 2.43. The summed E-state index contributed by atoms with van der Waals surface area (Å²) in [6.45, 7) is 1.86. The summed E-state index contributed by atoms with van der Waals surface area (Å²) < 4.78 is 28.7. The van der Waals surface area contributed by atoms with Crippen LogP contribution >= 0.6 is 24.2 Å². The smallest absolute Gasteiger partial charge is 0.329 e. The highest BCUT2D eigenvalue weighted by molar-refractivity contribution is 7.80. The van der Waals surface area contributed by atoms with Gasteiger partial charge in [-0.3, -0.25) is 4.79 Å². The highest BCUT2D eigenvalue weighted by Gasteiger charge is 2.22. The van der Waals surface area contributed by atoms with Crippen LogP contribution in [0.3, 0.4) is 0 Å². The van der Waals surface area contributed by atoms with Crippen LogP contribution in [0.2, 0.25) is 5.02 Å². The Bertz CT molecular complexity index is 782. The van der Waals surface area contributed by atoms with Crippen LogP contribution in [0.5, 0.6) is 5.75 Å². The molecule has 26 heavy (non-hydrogen) atoms. The van der Waals surface area contributed by atoms with Crippen LogP contribution in [0.15, 0.2) is 34.7 Å². The number of hydrogen-bond donors (Lipinski definition) is 2. The molecular weight excluding hydrogens is 385 g/mol. The van der Waals surface area contributed by atoms with Gasteiger partial charge in [0.05, 0.1) is 11.6 Å². The van der Waals surface area contributed by atoms with E-state index in [9.17, 15) is 14.0 Å². The monoisotopic (exact) mass is 401 g/mol. The van der Waals surface area contributed by atoms with Crippen LogP contribution in [0.4, 0.5) is 4.39 Å². The standard InChI is InChI=1S/C17H17ClFNO5S/c1-2-23-17(22)13(9-26)20-16(21)15-6-4-11(25-15)8-24-14-5-3-10(19)7-12(14)18/h3-7,13,26H,2,8-9H2,1H3,(H,20,21)/t13-/m0/s1. The van der Waals surface area contributed by atoms with Gasteiger partial charge < -0.3 is 19.2 Å². The molecule has 0 aliphatic rings. The first-order valence-electron chi connectivity index (χ1n) is 7.69. The molecule has 1 amide bonds. The summed E-state index contributed by atoms with van der Waals surface area (Å²) in [5.74, 6) is -0.892. The Kier molecular flexibility index (Phi) is 7.35. The molecule has 0 radical (unpaired) electrons. The van der Waals surface area contributed by atoms with Crippen molar-refractivity contribution >= 4 is 36.1 Å². The first-order chi connectivity index (χ1) is 12.4. The molecule has 0 saturated heterocycles. The number of esters is 1. The predicted octanol–water partition coefficient (Wildman–Crippen LogP) is 3.24. The number of benzene rings is 1. The zero-order valence-corrected chi connectivity index (χ0v) is 15.5. The highest BCUT2D eigenvalue weighted by Crippen LogP contribution is 2.26. The normalized spacial score (nSPS) is 11.7. The number of furan rings is 1. The van der Waals surface area contributed by atoms with Gasteiger partial charge in [-0.05, 0) is 37.3 Å². The Labute approximate surface area is 160 Å². The molecule has 1 heterocycles. The first kappa shape index (κ1) is 20.1. The van der Waals surface area contributed by atoms with Gasteiger partial charge in [-0.1, -0.05) is 11.6 Å². The van der Waals surface area contributed by atoms with Gasteiger partial charge in [-0.15, -0.1) is 0 Å². The number of halogens is 2. The zero-order valence-electron chi connectivity index (χ0n) is 13.8. The second kappa shape index (κ2) is 9.49. The number of ether oxygens (including phenoxy) is 2. The highest BCUT2D eigenvalue weighted by atomic mass is 35.5. The van der Waals surface area contributed by atoms with Gasteiger partial charge in [-0.25, -0.2) is 9.18 Å². The fraction of sp³-hybridized carbons (Fsp3) is 0.294. The number of amides is 1. The van der Waals surface area contributed by atoms with E-state index >= 15 is 0 Å². The van der Waals surface area contributed by atoms with E-state index in [2.05, 4.69) is 17.9 Å². The van der Waals surface area contributed by atoms with Gasteiger partial charge in [0, 0.05) is 5.75 Å². The summed E-state index contributed by atoms with van der Waals surface area (Å²) in [6.07, 6.45) is 0. The van der Waals surface area contributed by atoms with E-state index in [4.69, 9.17) is 25.5 Å². The fourth-order valence-electron chi connectivity index (χ4n) is 1.97. The molecule has 0 spiro atoms. The molecule has 0 aliphatic carbocycles. The lowest BCUT2D eigenvalue weighted by Gasteiger charge is -2.14. The minimum absolute atomic E-state index is 0.00452. The average Bonchev–Trinajstić information content (AvgIpc) is 3.08. The molecule has 2 rings (SSSR count). The summed E-state index contributed by atoms with van der Waals surface area (Å²) in [7, 11) is 0.